The Morgan fingerprint density at radius 1 is 1.47 bits per heavy atom. The monoisotopic (exact) mass is 250 g/mol. The maximum atomic E-state index is 11.7. The maximum absolute atomic E-state index is 11.7. The van der Waals surface area contributed by atoms with Crippen LogP contribution in [0.2, 0.25) is 5.02 Å². The van der Waals surface area contributed by atoms with Gasteiger partial charge in [0.05, 0.1) is 10.7 Å². The predicted molar refractivity (Wildman–Crippen MR) is 70.9 cm³/mol. The Labute approximate surface area is 106 Å². The number of hydrogen-bond donors (Lipinski definition) is 2. The molecule has 0 unspecified atom stereocenters. The van der Waals surface area contributed by atoms with Crippen molar-refractivity contribution in [1.82, 2.24) is 5.32 Å². The Morgan fingerprint density at radius 2 is 2.24 bits per heavy atom. The highest BCUT2D eigenvalue weighted by Crippen LogP contribution is 2.19. The second-order valence-corrected chi connectivity index (χ2v) is 4.06. The number of nitrogen functional groups attached to an aromatic ring is 1. The van der Waals surface area contributed by atoms with Gasteiger partial charge in [0.15, 0.2) is 0 Å². The van der Waals surface area contributed by atoms with E-state index in [9.17, 15) is 4.79 Å². The third kappa shape index (κ3) is 4.38. The summed E-state index contributed by atoms with van der Waals surface area (Å²) in [5, 5.41) is 3.25. The summed E-state index contributed by atoms with van der Waals surface area (Å²) in [6.07, 6.45) is 7.66. The molecule has 90 valence electrons. The van der Waals surface area contributed by atoms with Crippen molar-refractivity contribution >= 4 is 23.2 Å². The van der Waals surface area contributed by atoms with Gasteiger partial charge in [-0.1, -0.05) is 11.6 Å². The largest absolute Gasteiger partial charge is 0.398 e. The van der Waals surface area contributed by atoms with Gasteiger partial charge in [0.25, 0.3) is 5.91 Å². The molecule has 0 spiro atoms. The van der Waals surface area contributed by atoms with Crippen LogP contribution in [0.15, 0.2) is 18.2 Å². The van der Waals surface area contributed by atoms with E-state index in [2.05, 4.69) is 11.2 Å². The maximum Gasteiger partial charge on any atom is 0.251 e. The number of unbranched alkanes of at least 4 members (excludes halogenated alkanes) is 2. The predicted octanol–water partition coefficient (Wildman–Crippen LogP) is 2.46. The number of terminal acetylenes is 1. The van der Waals surface area contributed by atoms with E-state index in [0.717, 1.165) is 19.3 Å². The Morgan fingerprint density at radius 3 is 2.88 bits per heavy atom. The molecule has 1 amide bonds. The first kappa shape index (κ1) is 13.4. The molecule has 0 aliphatic carbocycles. The molecule has 0 bridgehead atoms. The van der Waals surface area contributed by atoms with Gasteiger partial charge in [-0.25, -0.2) is 0 Å². The van der Waals surface area contributed by atoms with Crippen LogP contribution in [0.4, 0.5) is 5.69 Å². The zero-order chi connectivity index (χ0) is 12.7. The van der Waals surface area contributed by atoms with E-state index in [-0.39, 0.29) is 5.91 Å². The van der Waals surface area contributed by atoms with Crippen LogP contribution in [0.5, 0.6) is 0 Å². The van der Waals surface area contributed by atoms with Crippen molar-refractivity contribution in [1.29, 1.82) is 0 Å². The van der Waals surface area contributed by atoms with E-state index in [1.54, 1.807) is 18.2 Å². The Kier molecular flexibility index (Phi) is 5.38. The molecule has 1 aromatic rings. The highest BCUT2D eigenvalue weighted by Gasteiger charge is 2.06. The molecule has 3 nitrogen and oxygen atoms in total. The molecule has 0 radical (unpaired) electrons. The van der Waals surface area contributed by atoms with E-state index in [1.165, 1.54) is 0 Å². The van der Waals surface area contributed by atoms with E-state index < -0.39 is 0 Å². The van der Waals surface area contributed by atoms with Gasteiger partial charge in [-0.2, -0.15) is 0 Å². The fraction of sp³-hybridized carbons (Fsp3) is 0.308. The zero-order valence-electron chi connectivity index (χ0n) is 9.50. The number of carbonyl (C=O) groups is 1. The lowest BCUT2D eigenvalue weighted by molar-refractivity contribution is 0.0953. The molecule has 0 aromatic heterocycles. The van der Waals surface area contributed by atoms with Crippen molar-refractivity contribution in [3.05, 3.63) is 28.8 Å². The minimum Gasteiger partial charge on any atom is -0.398 e. The van der Waals surface area contributed by atoms with Gasteiger partial charge in [0, 0.05) is 18.5 Å². The Hall–Kier alpha value is -1.66. The van der Waals surface area contributed by atoms with Crippen LogP contribution in [0.25, 0.3) is 0 Å². The summed E-state index contributed by atoms with van der Waals surface area (Å²) in [6, 6.07) is 4.83. The van der Waals surface area contributed by atoms with Crippen LogP contribution in [-0.4, -0.2) is 12.5 Å². The number of rotatable bonds is 5. The summed E-state index contributed by atoms with van der Waals surface area (Å²) in [7, 11) is 0. The van der Waals surface area contributed by atoms with Gasteiger partial charge in [-0.3, -0.25) is 4.79 Å². The molecular formula is C13H15ClN2O. The normalized spacial score (nSPS) is 9.65. The molecule has 0 aliphatic heterocycles. The van der Waals surface area contributed by atoms with Crippen LogP contribution in [-0.2, 0) is 0 Å². The van der Waals surface area contributed by atoms with Crippen molar-refractivity contribution in [2.24, 2.45) is 0 Å². The molecule has 1 aromatic carbocycles. The van der Waals surface area contributed by atoms with Crippen molar-refractivity contribution in [3.63, 3.8) is 0 Å². The number of benzene rings is 1. The number of nitrogens with two attached hydrogens (primary N) is 1. The Bertz CT molecular complexity index is 438. The second-order valence-electron chi connectivity index (χ2n) is 3.65. The minimum atomic E-state index is -0.144. The molecule has 3 N–H and O–H groups in total. The van der Waals surface area contributed by atoms with Gasteiger partial charge >= 0.3 is 0 Å². The fourth-order valence-corrected chi connectivity index (χ4v) is 1.46. The van der Waals surface area contributed by atoms with Gasteiger partial charge in [0.2, 0.25) is 0 Å². The van der Waals surface area contributed by atoms with Gasteiger partial charge < -0.3 is 11.1 Å². The third-order valence-electron chi connectivity index (χ3n) is 2.29. The summed E-state index contributed by atoms with van der Waals surface area (Å²) in [6.45, 7) is 0.614. The molecule has 0 aliphatic rings. The summed E-state index contributed by atoms with van der Waals surface area (Å²) >= 11 is 5.77. The van der Waals surface area contributed by atoms with Gasteiger partial charge in [0.1, 0.15) is 0 Å². The molecule has 0 saturated carbocycles. The van der Waals surface area contributed by atoms with Crippen LogP contribution in [0.1, 0.15) is 29.6 Å². The van der Waals surface area contributed by atoms with E-state index in [1.807, 2.05) is 0 Å². The fourth-order valence-electron chi connectivity index (χ4n) is 1.34. The van der Waals surface area contributed by atoms with E-state index in [4.69, 9.17) is 23.8 Å². The summed E-state index contributed by atoms with van der Waals surface area (Å²) in [5.41, 5.74) is 6.55. The SMILES string of the molecule is C#CCCCCNC(=O)c1ccc(Cl)c(N)c1. The number of nitrogens with one attached hydrogen (secondary N) is 1. The van der Waals surface area contributed by atoms with Crippen molar-refractivity contribution in [3.8, 4) is 12.3 Å². The Balaban J connectivity index is 2.42. The van der Waals surface area contributed by atoms with E-state index >= 15 is 0 Å². The number of hydrogen-bond acceptors (Lipinski definition) is 2. The first-order chi connectivity index (χ1) is 8.15. The topological polar surface area (TPSA) is 55.1 Å². The minimum absolute atomic E-state index is 0.144. The lowest BCUT2D eigenvalue weighted by Gasteiger charge is -2.06. The number of anilines is 1. The average molecular weight is 251 g/mol. The van der Waals surface area contributed by atoms with Crippen LogP contribution in [0, 0.1) is 12.3 Å². The van der Waals surface area contributed by atoms with Crippen LogP contribution >= 0.6 is 11.6 Å². The molecule has 0 atom stereocenters. The average Bonchev–Trinajstić information content (AvgIpc) is 2.32. The highest BCUT2D eigenvalue weighted by atomic mass is 35.5. The van der Waals surface area contributed by atoms with Crippen molar-refractivity contribution < 1.29 is 4.79 Å². The lowest BCUT2D eigenvalue weighted by atomic mass is 10.2. The number of halogens is 1. The van der Waals surface area contributed by atoms with Crippen molar-refractivity contribution in [2.75, 3.05) is 12.3 Å². The second kappa shape index (κ2) is 6.82. The van der Waals surface area contributed by atoms with Crippen LogP contribution in [0.3, 0.4) is 0 Å². The number of amides is 1. The number of carbonyl (C=O) groups excluding carboxylic acids is 1. The molecule has 0 heterocycles. The molecule has 0 fully saturated rings. The zero-order valence-corrected chi connectivity index (χ0v) is 10.3. The van der Waals surface area contributed by atoms with Gasteiger partial charge in [-0.05, 0) is 31.0 Å². The quantitative estimate of drug-likeness (QED) is 0.479. The van der Waals surface area contributed by atoms with Gasteiger partial charge in [-0.15, -0.1) is 12.3 Å². The summed E-state index contributed by atoms with van der Waals surface area (Å²) < 4.78 is 0. The molecule has 17 heavy (non-hydrogen) atoms. The molecule has 4 heteroatoms. The molecular weight excluding hydrogens is 236 g/mol. The smallest absolute Gasteiger partial charge is 0.251 e. The first-order valence-corrected chi connectivity index (χ1v) is 5.79. The molecule has 1 rings (SSSR count). The lowest BCUT2D eigenvalue weighted by Crippen LogP contribution is -2.24. The summed E-state index contributed by atoms with van der Waals surface area (Å²) in [5.74, 6) is 2.41. The first-order valence-electron chi connectivity index (χ1n) is 5.42. The van der Waals surface area contributed by atoms with Crippen LogP contribution < -0.4 is 11.1 Å². The van der Waals surface area contributed by atoms with E-state index in [0.29, 0.717) is 22.8 Å². The van der Waals surface area contributed by atoms with Crippen molar-refractivity contribution in [2.45, 2.75) is 19.3 Å². The standard InChI is InChI=1S/C13H15ClN2O/c1-2-3-4-5-8-16-13(17)10-6-7-11(14)12(15)9-10/h1,6-7,9H,3-5,8,15H2,(H,16,17). The summed E-state index contributed by atoms with van der Waals surface area (Å²) in [4.78, 5) is 11.7. The third-order valence-corrected chi connectivity index (χ3v) is 2.64. The highest BCUT2D eigenvalue weighted by molar-refractivity contribution is 6.33. The molecule has 0 saturated heterocycles.